The molecule has 130 valence electrons. The summed E-state index contributed by atoms with van der Waals surface area (Å²) in [6.07, 6.45) is 2.54. The van der Waals surface area contributed by atoms with E-state index >= 15 is 0 Å². The van der Waals surface area contributed by atoms with Crippen LogP contribution in [0.2, 0.25) is 0 Å². The summed E-state index contributed by atoms with van der Waals surface area (Å²) in [6, 6.07) is 7.78. The molecular formula is C19H25NO4. The topological polar surface area (TPSA) is 59.0 Å². The van der Waals surface area contributed by atoms with Gasteiger partial charge < -0.3 is 14.6 Å². The number of carbonyl (C=O) groups excluding carboxylic acids is 1. The molecule has 0 spiro atoms. The summed E-state index contributed by atoms with van der Waals surface area (Å²) < 4.78 is 11.2. The van der Waals surface area contributed by atoms with E-state index in [0.717, 1.165) is 17.5 Å². The van der Waals surface area contributed by atoms with E-state index in [1.54, 1.807) is 0 Å². The number of nitrogens with zero attached hydrogens (tertiary/aromatic N) is 1. The third-order valence-corrected chi connectivity index (χ3v) is 4.28. The Bertz CT molecular complexity index is 647. The first kappa shape index (κ1) is 17.0. The van der Waals surface area contributed by atoms with Crippen molar-refractivity contribution in [2.75, 3.05) is 13.2 Å². The minimum Gasteiger partial charge on any atom is -0.444 e. The molecule has 1 N–H and O–H groups in total. The molecule has 1 aromatic carbocycles. The second kappa shape index (κ2) is 6.57. The zero-order valence-corrected chi connectivity index (χ0v) is 14.5. The summed E-state index contributed by atoms with van der Waals surface area (Å²) in [6.45, 7) is 6.67. The lowest BCUT2D eigenvalue weighted by Crippen LogP contribution is -2.57. The van der Waals surface area contributed by atoms with Gasteiger partial charge in [0.25, 0.3) is 0 Å². The van der Waals surface area contributed by atoms with Gasteiger partial charge in [0.15, 0.2) is 0 Å². The highest BCUT2D eigenvalue weighted by Gasteiger charge is 2.40. The Balaban J connectivity index is 1.85. The van der Waals surface area contributed by atoms with Crippen molar-refractivity contribution in [1.82, 2.24) is 4.90 Å². The number of fused-ring (bicyclic) bond motifs is 2. The number of amides is 1. The zero-order valence-electron chi connectivity index (χ0n) is 14.5. The Morgan fingerprint density at radius 1 is 1.38 bits per heavy atom. The average molecular weight is 331 g/mol. The van der Waals surface area contributed by atoms with E-state index in [0.29, 0.717) is 13.2 Å². The van der Waals surface area contributed by atoms with E-state index in [-0.39, 0.29) is 24.8 Å². The van der Waals surface area contributed by atoms with Crippen LogP contribution in [0.5, 0.6) is 0 Å². The summed E-state index contributed by atoms with van der Waals surface area (Å²) in [4.78, 5) is 14.4. The number of hydrogen-bond donors (Lipinski definition) is 1. The molecule has 0 radical (unpaired) electrons. The fraction of sp³-hybridized carbons (Fsp3) is 0.526. The molecule has 1 aromatic rings. The minimum absolute atomic E-state index is 0.0172. The fourth-order valence-corrected chi connectivity index (χ4v) is 3.28. The Labute approximate surface area is 142 Å². The Kier molecular flexibility index (Phi) is 4.65. The summed E-state index contributed by atoms with van der Waals surface area (Å²) >= 11 is 0. The number of aliphatic hydroxyl groups is 1. The van der Waals surface area contributed by atoms with Gasteiger partial charge in [-0.2, -0.15) is 0 Å². The van der Waals surface area contributed by atoms with Crippen LogP contribution in [0.25, 0.3) is 5.57 Å². The van der Waals surface area contributed by atoms with Crippen molar-refractivity contribution in [2.24, 2.45) is 0 Å². The van der Waals surface area contributed by atoms with Gasteiger partial charge in [-0.3, -0.25) is 4.90 Å². The molecule has 1 fully saturated rings. The number of benzene rings is 1. The minimum atomic E-state index is -0.508. The molecule has 5 nitrogen and oxygen atoms in total. The maximum Gasteiger partial charge on any atom is 0.411 e. The number of carbonyl (C=O) groups is 1. The second-order valence-corrected chi connectivity index (χ2v) is 7.40. The van der Waals surface area contributed by atoms with Crippen molar-refractivity contribution in [3.8, 4) is 0 Å². The van der Waals surface area contributed by atoms with Crippen LogP contribution in [0, 0.1) is 0 Å². The van der Waals surface area contributed by atoms with Crippen LogP contribution in [-0.2, 0) is 16.1 Å². The van der Waals surface area contributed by atoms with Crippen molar-refractivity contribution < 1.29 is 19.4 Å². The molecule has 0 aliphatic carbocycles. The average Bonchev–Trinajstić information content (AvgIpc) is 2.52. The summed E-state index contributed by atoms with van der Waals surface area (Å²) in [7, 11) is 0. The van der Waals surface area contributed by atoms with Crippen LogP contribution in [-0.4, -0.2) is 47.0 Å². The van der Waals surface area contributed by atoms with E-state index in [9.17, 15) is 9.90 Å². The molecule has 2 aliphatic rings. The molecule has 0 saturated carbocycles. The normalized spacial score (nSPS) is 23.7. The van der Waals surface area contributed by atoms with Crippen molar-refractivity contribution in [2.45, 2.75) is 51.5 Å². The van der Waals surface area contributed by atoms with Crippen molar-refractivity contribution in [3.05, 3.63) is 41.5 Å². The molecule has 0 aromatic heterocycles. The maximum absolute atomic E-state index is 12.6. The molecule has 1 amide bonds. The van der Waals surface area contributed by atoms with Crippen LogP contribution < -0.4 is 0 Å². The Morgan fingerprint density at radius 2 is 2.17 bits per heavy atom. The van der Waals surface area contributed by atoms with Gasteiger partial charge in [0.05, 0.1) is 31.9 Å². The Morgan fingerprint density at radius 3 is 2.83 bits per heavy atom. The molecule has 2 heterocycles. The first-order valence-electron chi connectivity index (χ1n) is 8.37. The quantitative estimate of drug-likeness (QED) is 0.905. The molecular weight excluding hydrogens is 306 g/mol. The lowest BCUT2D eigenvalue weighted by atomic mass is 9.89. The summed E-state index contributed by atoms with van der Waals surface area (Å²) in [5.74, 6) is 0. The lowest BCUT2D eigenvalue weighted by Gasteiger charge is -2.44. The number of aliphatic hydroxyl groups excluding tert-OH is 1. The standard InChI is InChI=1S/C19H25NO4/c1-19(2,3)24-18(22)20-16-8-15(9-17(20)12-23-11-16)14-6-4-5-13(7-14)10-21/h4-8,16-17,21H,9-12H2,1-3H3. The van der Waals surface area contributed by atoms with Crippen LogP contribution in [0.4, 0.5) is 4.79 Å². The van der Waals surface area contributed by atoms with Crippen molar-refractivity contribution in [3.63, 3.8) is 0 Å². The van der Waals surface area contributed by atoms with Gasteiger partial charge in [-0.25, -0.2) is 4.79 Å². The number of morpholine rings is 1. The predicted molar refractivity (Wildman–Crippen MR) is 91.4 cm³/mol. The van der Waals surface area contributed by atoms with Gasteiger partial charge in [0, 0.05) is 0 Å². The van der Waals surface area contributed by atoms with Crippen LogP contribution in [0.1, 0.15) is 38.3 Å². The molecule has 5 heteroatoms. The smallest absolute Gasteiger partial charge is 0.411 e. The zero-order chi connectivity index (χ0) is 17.3. The number of hydrogen-bond acceptors (Lipinski definition) is 4. The summed E-state index contributed by atoms with van der Waals surface area (Å²) in [5, 5.41) is 9.34. The van der Waals surface area contributed by atoms with Gasteiger partial charge in [-0.05, 0) is 50.0 Å². The van der Waals surface area contributed by atoms with Gasteiger partial charge in [0.1, 0.15) is 5.60 Å². The first-order chi connectivity index (χ1) is 11.4. The Hall–Kier alpha value is -1.85. The second-order valence-electron chi connectivity index (χ2n) is 7.40. The fourth-order valence-electron chi connectivity index (χ4n) is 3.28. The summed E-state index contributed by atoms with van der Waals surface area (Å²) in [5.41, 5.74) is 2.68. The molecule has 24 heavy (non-hydrogen) atoms. The molecule has 2 bridgehead atoms. The largest absolute Gasteiger partial charge is 0.444 e. The highest BCUT2D eigenvalue weighted by atomic mass is 16.6. The molecule has 2 aliphatic heterocycles. The SMILES string of the molecule is CC(C)(C)OC(=O)N1C2C=C(c3cccc(CO)c3)CC1COC2. The molecule has 2 unspecified atom stereocenters. The van der Waals surface area contributed by atoms with Gasteiger partial charge in [-0.1, -0.05) is 24.3 Å². The third-order valence-electron chi connectivity index (χ3n) is 4.28. The van der Waals surface area contributed by atoms with Gasteiger partial charge in [0.2, 0.25) is 0 Å². The van der Waals surface area contributed by atoms with E-state index in [1.807, 2.05) is 49.9 Å². The van der Waals surface area contributed by atoms with Crippen LogP contribution >= 0.6 is 0 Å². The lowest BCUT2D eigenvalue weighted by molar-refractivity contribution is -0.0510. The van der Waals surface area contributed by atoms with Crippen LogP contribution in [0.3, 0.4) is 0 Å². The highest BCUT2D eigenvalue weighted by Crippen LogP contribution is 2.33. The van der Waals surface area contributed by atoms with Gasteiger partial charge >= 0.3 is 6.09 Å². The molecule has 2 atom stereocenters. The van der Waals surface area contributed by atoms with Crippen molar-refractivity contribution >= 4 is 11.7 Å². The molecule has 3 rings (SSSR count). The van der Waals surface area contributed by atoms with E-state index < -0.39 is 5.60 Å². The van der Waals surface area contributed by atoms with E-state index in [2.05, 4.69) is 6.08 Å². The van der Waals surface area contributed by atoms with E-state index in [1.165, 1.54) is 5.57 Å². The van der Waals surface area contributed by atoms with E-state index in [4.69, 9.17) is 9.47 Å². The monoisotopic (exact) mass is 331 g/mol. The maximum atomic E-state index is 12.6. The van der Waals surface area contributed by atoms with Crippen LogP contribution in [0.15, 0.2) is 30.3 Å². The number of rotatable bonds is 2. The first-order valence-corrected chi connectivity index (χ1v) is 8.37. The highest BCUT2D eigenvalue weighted by molar-refractivity contribution is 5.75. The predicted octanol–water partition coefficient (Wildman–Crippen LogP) is 2.97. The third kappa shape index (κ3) is 3.62. The number of ether oxygens (including phenoxy) is 2. The van der Waals surface area contributed by atoms with Gasteiger partial charge in [-0.15, -0.1) is 0 Å². The van der Waals surface area contributed by atoms with Crippen molar-refractivity contribution in [1.29, 1.82) is 0 Å². The molecule has 1 saturated heterocycles.